The van der Waals surface area contributed by atoms with Crippen LogP contribution in [0.1, 0.15) is 11.3 Å². The van der Waals surface area contributed by atoms with Crippen LogP contribution in [0.2, 0.25) is 0 Å². The number of halogens is 2. The SMILES string of the molecule is N#CCn1cc(C=Cc2n[nH]c3ccc(NS(=O)(=O)c4cc(F)cc(F)c4)cc23)cn1. The second-order valence-electron chi connectivity index (χ2n) is 6.54. The number of anilines is 1. The number of rotatable bonds is 6. The molecule has 4 aromatic rings. The molecule has 0 atom stereocenters. The maximum atomic E-state index is 13.4. The van der Waals surface area contributed by atoms with Crippen LogP contribution in [0.3, 0.4) is 0 Å². The van der Waals surface area contributed by atoms with Gasteiger partial charge in [-0.1, -0.05) is 0 Å². The lowest BCUT2D eigenvalue weighted by molar-refractivity contribution is 0.568. The van der Waals surface area contributed by atoms with Crippen LogP contribution in [0.4, 0.5) is 14.5 Å². The first-order valence-corrected chi connectivity index (χ1v) is 10.4. The van der Waals surface area contributed by atoms with Gasteiger partial charge in [0, 0.05) is 28.9 Å². The average molecular weight is 440 g/mol. The summed E-state index contributed by atoms with van der Waals surface area (Å²) in [7, 11) is -4.20. The summed E-state index contributed by atoms with van der Waals surface area (Å²) >= 11 is 0. The number of H-pyrrole nitrogens is 1. The zero-order valence-corrected chi connectivity index (χ0v) is 16.6. The molecule has 0 saturated carbocycles. The third-order valence-corrected chi connectivity index (χ3v) is 5.67. The first-order chi connectivity index (χ1) is 14.8. The van der Waals surface area contributed by atoms with E-state index >= 15 is 0 Å². The molecule has 0 aliphatic carbocycles. The number of aromatic nitrogens is 4. The molecule has 0 bridgehead atoms. The lowest BCUT2D eigenvalue weighted by Crippen LogP contribution is -2.13. The monoisotopic (exact) mass is 440 g/mol. The topological polar surface area (TPSA) is 116 Å². The van der Waals surface area contributed by atoms with Crippen LogP contribution in [0.25, 0.3) is 23.1 Å². The molecule has 0 aliphatic rings. The van der Waals surface area contributed by atoms with Gasteiger partial charge in [0.2, 0.25) is 0 Å². The number of hydrogen-bond acceptors (Lipinski definition) is 5. The maximum absolute atomic E-state index is 13.4. The molecule has 2 aromatic heterocycles. The molecule has 156 valence electrons. The van der Waals surface area contributed by atoms with Crippen LogP contribution >= 0.6 is 0 Å². The summed E-state index contributed by atoms with van der Waals surface area (Å²) in [5.41, 5.74) is 2.17. The van der Waals surface area contributed by atoms with Gasteiger partial charge in [0.25, 0.3) is 10.0 Å². The number of nitrogens with zero attached hydrogens (tertiary/aromatic N) is 4. The molecule has 0 fully saturated rings. The molecule has 0 saturated heterocycles. The molecular formula is C20H14F2N6O2S. The number of aromatic amines is 1. The summed E-state index contributed by atoms with van der Waals surface area (Å²) in [5, 5.41) is 20.4. The van der Waals surface area contributed by atoms with Gasteiger partial charge in [-0.25, -0.2) is 17.2 Å². The molecule has 0 amide bonds. The van der Waals surface area contributed by atoms with Crippen molar-refractivity contribution in [2.75, 3.05) is 4.72 Å². The van der Waals surface area contributed by atoms with Crippen molar-refractivity contribution in [2.24, 2.45) is 0 Å². The predicted molar refractivity (Wildman–Crippen MR) is 110 cm³/mol. The van der Waals surface area contributed by atoms with Gasteiger partial charge in [0.05, 0.1) is 28.4 Å². The van der Waals surface area contributed by atoms with Crippen LogP contribution in [0.5, 0.6) is 0 Å². The Hall–Kier alpha value is -4.04. The van der Waals surface area contributed by atoms with Crippen molar-refractivity contribution in [3.8, 4) is 6.07 Å². The third-order valence-electron chi connectivity index (χ3n) is 4.31. The fourth-order valence-corrected chi connectivity index (χ4v) is 4.01. The second-order valence-corrected chi connectivity index (χ2v) is 8.22. The highest BCUT2D eigenvalue weighted by atomic mass is 32.2. The molecule has 0 aliphatic heterocycles. The number of nitriles is 1. The van der Waals surface area contributed by atoms with E-state index in [0.717, 1.165) is 17.7 Å². The van der Waals surface area contributed by atoms with Crippen molar-refractivity contribution in [1.82, 2.24) is 20.0 Å². The minimum atomic E-state index is -4.20. The van der Waals surface area contributed by atoms with Crippen molar-refractivity contribution >= 4 is 38.8 Å². The van der Waals surface area contributed by atoms with Crippen molar-refractivity contribution in [3.05, 3.63) is 71.7 Å². The molecule has 31 heavy (non-hydrogen) atoms. The minimum Gasteiger partial charge on any atom is -0.280 e. The van der Waals surface area contributed by atoms with Crippen LogP contribution < -0.4 is 4.72 Å². The Kier molecular flexibility index (Phi) is 5.22. The molecule has 0 radical (unpaired) electrons. The molecule has 0 spiro atoms. The number of nitrogens with one attached hydrogen (secondary N) is 2. The molecule has 8 nitrogen and oxygen atoms in total. The van der Waals surface area contributed by atoms with E-state index in [-0.39, 0.29) is 12.2 Å². The summed E-state index contributed by atoms with van der Waals surface area (Å²) in [6.07, 6.45) is 6.77. The van der Waals surface area contributed by atoms with Crippen molar-refractivity contribution in [1.29, 1.82) is 5.26 Å². The summed E-state index contributed by atoms with van der Waals surface area (Å²) in [5.74, 6) is -1.98. The summed E-state index contributed by atoms with van der Waals surface area (Å²) in [4.78, 5) is -0.521. The highest BCUT2D eigenvalue weighted by Crippen LogP contribution is 2.24. The maximum Gasteiger partial charge on any atom is 0.262 e. The third kappa shape index (κ3) is 4.44. The quantitative estimate of drug-likeness (QED) is 0.476. The standard InChI is InChI=1S/C20H14F2N6O2S/c21-14-7-15(22)9-17(8-14)31(29,30)27-16-2-4-20-18(10-16)19(25-26-20)3-1-13-11-24-28(12-13)6-5-23/h1-4,7-12,27H,6H2,(H,25,26). The average Bonchev–Trinajstić information content (AvgIpc) is 3.32. The summed E-state index contributed by atoms with van der Waals surface area (Å²) in [6.45, 7) is 0.137. The van der Waals surface area contributed by atoms with E-state index in [9.17, 15) is 17.2 Å². The Bertz CT molecular complexity index is 1430. The van der Waals surface area contributed by atoms with Gasteiger partial charge in [-0.05, 0) is 42.5 Å². The van der Waals surface area contributed by atoms with Gasteiger partial charge >= 0.3 is 0 Å². The van der Waals surface area contributed by atoms with Crippen LogP contribution in [-0.2, 0) is 16.6 Å². The van der Waals surface area contributed by atoms with Crippen LogP contribution in [-0.4, -0.2) is 28.4 Å². The fourth-order valence-electron chi connectivity index (χ4n) is 2.92. The predicted octanol–water partition coefficient (Wildman–Crippen LogP) is 3.53. The second kappa shape index (κ2) is 8.00. The Morgan fingerprint density at radius 3 is 2.68 bits per heavy atom. The molecule has 11 heteroatoms. The van der Waals surface area contributed by atoms with E-state index in [2.05, 4.69) is 20.0 Å². The molecule has 2 heterocycles. The highest BCUT2D eigenvalue weighted by Gasteiger charge is 2.17. The van der Waals surface area contributed by atoms with E-state index in [4.69, 9.17) is 5.26 Å². The van der Waals surface area contributed by atoms with E-state index in [1.54, 1.807) is 36.7 Å². The fraction of sp³-hybridized carbons (Fsp3) is 0.0500. The van der Waals surface area contributed by atoms with Crippen molar-refractivity contribution in [3.63, 3.8) is 0 Å². The number of hydrogen-bond donors (Lipinski definition) is 2. The van der Waals surface area contributed by atoms with Crippen molar-refractivity contribution in [2.45, 2.75) is 11.4 Å². The van der Waals surface area contributed by atoms with Crippen LogP contribution in [0, 0.1) is 23.0 Å². The highest BCUT2D eigenvalue weighted by molar-refractivity contribution is 7.92. The van der Waals surface area contributed by atoms with Gasteiger partial charge in [-0.3, -0.25) is 14.5 Å². The number of sulfonamides is 1. The first kappa shape index (κ1) is 20.2. The lowest BCUT2D eigenvalue weighted by atomic mass is 10.1. The zero-order chi connectivity index (χ0) is 22.0. The molecule has 2 N–H and O–H groups in total. The smallest absolute Gasteiger partial charge is 0.262 e. The number of benzene rings is 2. The van der Waals surface area contributed by atoms with E-state index in [1.165, 1.54) is 10.7 Å². The van der Waals surface area contributed by atoms with Crippen molar-refractivity contribution < 1.29 is 17.2 Å². The summed E-state index contributed by atoms with van der Waals surface area (Å²) in [6, 6.07) is 8.77. The van der Waals surface area contributed by atoms with Gasteiger partial charge in [0.1, 0.15) is 18.2 Å². The van der Waals surface area contributed by atoms with Gasteiger partial charge in [0.15, 0.2) is 0 Å². The summed E-state index contributed by atoms with van der Waals surface area (Å²) < 4.78 is 55.7. The van der Waals surface area contributed by atoms with Gasteiger partial charge in [-0.15, -0.1) is 0 Å². The number of fused-ring (bicyclic) bond motifs is 1. The Morgan fingerprint density at radius 1 is 1.16 bits per heavy atom. The normalized spacial score (nSPS) is 11.8. The lowest BCUT2D eigenvalue weighted by Gasteiger charge is -2.08. The van der Waals surface area contributed by atoms with E-state index < -0.39 is 26.6 Å². The van der Waals surface area contributed by atoms with Crippen LogP contribution in [0.15, 0.2) is 53.7 Å². The van der Waals surface area contributed by atoms with Gasteiger partial charge < -0.3 is 0 Å². The molecule has 0 unspecified atom stereocenters. The minimum absolute atomic E-state index is 0.137. The Labute approximate surface area is 175 Å². The van der Waals surface area contributed by atoms with Gasteiger partial charge in [-0.2, -0.15) is 15.5 Å². The largest absolute Gasteiger partial charge is 0.280 e. The molecule has 4 rings (SSSR count). The van der Waals surface area contributed by atoms with E-state index in [1.807, 2.05) is 6.07 Å². The Morgan fingerprint density at radius 2 is 1.94 bits per heavy atom. The first-order valence-electron chi connectivity index (χ1n) is 8.88. The Balaban J connectivity index is 1.62. The molecule has 2 aromatic carbocycles. The zero-order valence-electron chi connectivity index (χ0n) is 15.8. The van der Waals surface area contributed by atoms with E-state index in [0.29, 0.717) is 22.7 Å². The molecular weight excluding hydrogens is 426 g/mol.